The quantitative estimate of drug-likeness (QED) is 0.778. The molecule has 1 unspecified atom stereocenters. The number of aryl methyl sites for hydroxylation is 1. The maximum atomic E-state index is 11.6. The fourth-order valence-corrected chi connectivity index (χ4v) is 1.77. The first-order chi connectivity index (χ1) is 8.61. The minimum absolute atomic E-state index is 0.107. The topological polar surface area (TPSA) is 55.1 Å². The van der Waals surface area contributed by atoms with E-state index in [9.17, 15) is 4.79 Å². The Morgan fingerprint density at radius 2 is 1.89 bits per heavy atom. The fraction of sp³-hybridized carbons (Fsp3) is 0.533. The van der Waals surface area contributed by atoms with Gasteiger partial charge in [0.05, 0.1) is 0 Å². The second-order valence-corrected chi connectivity index (χ2v) is 4.82. The molecule has 0 radical (unpaired) electrons. The molecule has 0 aromatic heterocycles. The van der Waals surface area contributed by atoms with Gasteiger partial charge in [0, 0.05) is 19.0 Å². The highest BCUT2D eigenvalue weighted by atomic mass is 16.1. The van der Waals surface area contributed by atoms with Crippen LogP contribution in [0.4, 0.5) is 0 Å². The van der Waals surface area contributed by atoms with Crippen LogP contribution in [0.1, 0.15) is 44.2 Å². The molecule has 0 saturated carbocycles. The van der Waals surface area contributed by atoms with Gasteiger partial charge in [-0.15, -0.1) is 0 Å². The van der Waals surface area contributed by atoms with Crippen LogP contribution in [0.15, 0.2) is 24.3 Å². The van der Waals surface area contributed by atoms with Crippen molar-refractivity contribution in [3.63, 3.8) is 0 Å². The first-order valence-corrected chi connectivity index (χ1v) is 6.72. The molecule has 100 valence electrons. The molecule has 0 aliphatic carbocycles. The van der Waals surface area contributed by atoms with Crippen molar-refractivity contribution in [1.82, 2.24) is 5.32 Å². The van der Waals surface area contributed by atoms with Gasteiger partial charge in [-0.3, -0.25) is 4.79 Å². The summed E-state index contributed by atoms with van der Waals surface area (Å²) in [5, 5.41) is 2.93. The monoisotopic (exact) mass is 248 g/mol. The van der Waals surface area contributed by atoms with Crippen LogP contribution in [0.25, 0.3) is 0 Å². The van der Waals surface area contributed by atoms with Gasteiger partial charge < -0.3 is 11.1 Å². The standard InChI is InChI=1S/C15H24N2O/c1-3-13-7-9-14(10-8-13)11-17-15(18)6-4-5-12(2)16/h7-10,12H,3-6,11,16H2,1-2H3,(H,17,18). The third kappa shape index (κ3) is 5.82. The Hall–Kier alpha value is -1.35. The van der Waals surface area contributed by atoms with E-state index in [1.54, 1.807) is 0 Å². The van der Waals surface area contributed by atoms with Crippen molar-refractivity contribution in [1.29, 1.82) is 0 Å². The van der Waals surface area contributed by atoms with Crippen LogP contribution in [-0.2, 0) is 17.8 Å². The molecule has 0 fully saturated rings. The Kier molecular flexibility index (Phi) is 6.44. The molecule has 1 aromatic carbocycles. The van der Waals surface area contributed by atoms with Gasteiger partial charge in [0.25, 0.3) is 0 Å². The maximum absolute atomic E-state index is 11.6. The number of nitrogens with two attached hydrogens (primary N) is 1. The number of nitrogens with one attached hydrogen (secondary N) is 1. The van der Waals surface area contributed by atoms with Gasteiger partial charge in [-0.05, 0) is 37.3 Å². The SMILES string of the molecule is CCc1ccc(CNC(=O)CCCC(C)N)cc1. The lowest BCUT2D eigenvalue weighted by Crippen LogP contribution is -2.23. The summed E-state index contributed by atoms with van der Waals surface area (Å²) in [5.74, 6) is 0.107. The Balaban J connectivity index is 2.24. The van der Waals surface area contributed by atoms with Crippen LogP contribution >= 0.6 is 0 Å². The number of amides is 1. The van der Waals surface area contributed by atoms with Crippen LogP contribution in [0.3, 0.4) is 0 Å². The predicted molar refractivity (Wildman–Crippen MR) is 75.2 cm³/mol. The number of carbonyl (C=O) groups is 1. The Morgan fingerprint density at radius 3 is 2.44 bits per heavy atom. The van der Waals surface area contributed by atoms with E-state index in [2.05, 4.69) is 36.5 Å². The third-order valence-electron chi connectivity index (χ3n) is 2.98. The van der Waals surface area contributed by atoms with Crippen molar-refractivity contribution in [2.24, 2.45) is 5.73 Å². The van der Waals surface area contributed by atoms with Gasteiger partial charge in [0.15, 0.2) is 0 Å². The van der Waals surface area contributed by atoms with Gasteiger partial charge in [-0.2, -0.15) is 0 Å². The van der Waals surface area contributed by atoms with E-state index < -0.39 is 0 Å². The molecule has 1 rings (SSSR count). The summed E-state index contributed by atoms with van der Waals surface area (Å²) >= 11 is 0. The number of carbonyl (C=O) groups excluding carboxylic acids is 1. The Labute approximate surface area is 110 Å². The Bertz CT molecular complexity index is 357. The minimum Gasteiger partial charge on any atom is -0.352 e. The maximum Gasteiger partial charge on any atom is 0.220 e. The number of rotatable bonds is 7. The van der Waals surface area contributed by atoms with Gasteiger partial charge in [-0.25, -0.2) is 0 Å². The highest BCUT2D eigenvalue weighted by molar-refractivity contribution is 5.75. The summed E-state index contributed by atoms with van der Waals surface area (Å²) in [5.41, 5.74) is 8.11. The molecule has 1 atom stereocenters. The van der Waals surface area contributed by atoms with E-state index in [1.165, 1.54) is 5.56 Å². The lowest BCUT2D eigenvalue weighted by Gasteiger charge is -2.07. The highest BCUT2D eigenvalue weighted by Crippen LogP contribution is 2.05. The molecule has 0 aliphatic heterocycles. The van der Waals surface area contributed by atoms with Crippen molar-refractivity contribution < 1.29 is 4.79 Å². The van der Waals surface area contributed by atoms with Crippen molar-refractivity contribution in [2.45, 2.75) is 52.1 Å². The normalized spacial score (nSPS) is 12.2. The second-order valence-electron chi connectivity index (χ2n) is 4.82. The molecule has 0 aliphatic rings. The molecule has 0 bridgehead atoms. The fourth-order valence-electron chi connectivity index (χ4n) is 1.77. The zero-order valence-corrected chi connectivity index (χ0v) is 11.4. The summed E-state index contributed by atoms with van der Waals surface area (Å²) in [4.78, 5) is 11.6. The first kappa shape index (κ1) is 14.7. The summed E-state index contributed by atoms with van der Waals surface area (Å²) in [6.45, 7) is 4.71. The van der Waals surface area contributed by atoms with Crippen LogP contribution in [0, 0.1) is 0 Å². The summed E-state index contributed by atoms with van der Waals surface area (Å²) < 4.78 is 0. The van der Waals surface area contributed by atoms with Gasteiger partial charge >= 0.3 is 0 Å². The van der Waals surface area contributed by atoms with E-state index in [-0.39, 0.29) is 11.9 Å². The van der Waals surface area contributed by atoms with Crippen molar-refractivity contribution >= 4 is 5.91 Å². The number of hydrogen-bond acceptors (Lipinski definition) is 2. The molecule has 3 heteroatoms. The lowest BCUT2D eigenvalue weighted by atomic mass is 10.1. The van der Waals surface area contributed by atoms with Gasteiger partial charge in [0.1, 0.15) is 0 Å². The summed E-state index contributed by atoms with van der Waals surface area (Å²) in [6.07, 6.45) is 3.37. The van der Waals surface area contributed by atoms with E-state index in [1.807, 2.05) is 6.92 Å². The van der Waals surface area contributed by atoms with Crippen LogP contribution in [0.2, 0.25) is 0 Å². The Morgan fingerprint density at radius 1 is 1.28 bits per heavy atom. The molecule has 3 nitrogen and oxygen atoms in total. The minimum atomic E-state index is 0.107. The molecule has 3 N–H and O–H groups in total. The van der Waals surface area contributed by atoms with E-state index in [4.69, 9.17) is 5.73 Å². The van der Waals surface area contributed by atoms with Crippen LogP contribution in [-0.4, -0.2) is 11.9 Å². The molecule has 0 spiro atoms. The molecule has 0 heterocycles. The average Bonchev–Trinajstić information content (AvgIpc) is 2.36. The van der Waals surface area contributed by atoms with Gasteiger partial charge in [0.2, 0.25) is 5.91 Å². The van der Waals surface area contributed by atoms with Crippen LogP contribution < -0.4 is 11.1 Å². The highest BCUT2D eigenvalue weighted by Gasteiger charge is 2.02. The first-order valence-electron chi connectivity index (χ1n) is 6.72. The van der Waals surface area contributed by atoms with E-state index >= 15 is 0 Å². The molecule has 18 heavy (non-hydrogen) atoms. The van der Waals surface area contributed by atoms with E-state index in [0.717, 1.165) is 24.8 Å². The third-order valence-corrected chi connectivity index (χ3v) is 2.98. The zero-order valence-electron chi connectivity index (χ0n) is 11.4. The average molecular weight is 248 g/mol. The number of hydrogen-bond donors (Lipinski definition) is 2. The predicted octanol–water partition coefficient (Wildman–Crippen LogP) is 2.38. The molecule has 0 saturated heterocycles. The van der Waals surface area contributed by atoms with Crippen molar-refractivity contribution in [3.05, 3.63) is 35.4 Å². The molecule has 1 amide bonds. The summed E-state index contributed by atoms with van der Waals surface area (Å²) in [6, 6.07) is 8.54. The van der Waals surface area contributed by atoms with E-state index in [0.29, 0.717) is 13.0 Å². The van der Waals surface area contributed by atoms with Crippen LogP contribution in [0.5, 0.6) is 0 Å². The zero-order chi connectivity index (χ0) is 13.4. The lowest BCUT2D eigenvalue weighted by molar-refractivity contribution is -0.121. The second kappa shape index (κ2) is 7.88. The number of benzene rings is 1. The summed E-state index contributed by atoms with van der Waals surface area (Å²) in [7, 11) is 0. The van der Waals surface area contributed by atoms with Gasteiger partial charge in [-0.1, -0.05) is 31.2 Å². The molecule has 1 aromatic rings. The smallest absolute Gasteiger partial charge is 0.220 e. The van der Waals surface area contributed by atoms with Crippen molar-refractivity contribution in [2.75, 3.05) is 0 Å². The molecular weight excluding hydrogens is 224 g/mol. The molecular formula is C15H24N2O. The van der Waals surface area contributed by atoms with Crippen molar-refractivity contribution in [3.8, 4) is 0 Å². The largest absolute Gasteiger partial charge is 0.352 e.